The highest BCUT2D eigenvalue weighted by Gasteiger charge is 2.50. The molecule has 0 radical (unpaired) electrons. The fourth-order valence-corrected chi connectivity index (χ4v) is 2.39. The molecule has 0 atom stereocenters. The summed E-state index contributed by atoms with van der Waals surface area (Å²) in [5.74, 6) is -0.371. The van der Waals surface area contributed by atoms with Crippen LogP contribution < -0.4 is 0 Å². The van der Waals surface area contributed by atoms with Crippen molar-refractivity contribution in [3.8, 4) is 0 Å². The lowest BCUT2D eigenvalue weighted by Crippen LogP contribution is -2.63. The predicted molar refractivity (Wildman–Crippen MR) is 71.2 cm³/mol. The zero-order valence-corrected chi connectivity index (χ0v) is 12.4. The number of esters is 1. The molecule has 20 heavy (non-hydrogen) atoms. The van der Waals surface area contributed by atoms with Gasteiger partial charge < -0.3 is 19.1 Å². The fourth-order valence-electron chi connectivity index (χ4n) is 2.39. The van der Waals surface area contributed by atoms with Gasteiger partial charge in [-0.1, -0.05) is 0 Å². The Morgan fingerprint density at radius 1 is 1.35 bits per heavy atom. The van der Waals surface area contributed by atoms with Crippen LogP contribution >= 0.6 is 0 Å². The molecule has 1 spiro atoms. The number of hydrogen-bond acceptors (Lipinski definition) is 5. The van der Waals surface area contributed by atoms with Crippen LogP contribution in [0.4, 0.5) is 4.79 Å². The molecule has 0 N–H and O–H groups in total. The molecule has 2 saturated heterocycles. The van der Waals surface area contributed by atoms with Crippen molar-refractivity contribution in [2.45, 2.75) is 38.4 Å². The number of ether oxygens (including phenoxy) is 3. The van der Waals surface area contributed by atoms with Crippen LogP contribution in [0.1, 0.15) is 27.2 Å². The van der Waals surface area contributed by atoms with Crippen molar-refractivity contribution < 1.29 is 23.8 Å². The van der Waals surface area contributed by atoms with Crippen molar-refractivity contribution in [3.63, 3.8) is 0 Å². The summed E-state index contributed by atoms with van der Waals surface area (Å²) in [6, 6.07) is 0. The number of amides is 1. The monoisotopic (exact) mass is 283 g/mol. The third-order valence-electron chi connectivity index (χ3n) is 3.25. The fraction of sp³-hybridized carbons (Fsp3) is 0.714. The first kappa shape index (κ1) is 14.8. The van der Waals surface area contributed by atoms with Gasteiger partial charge in [0.1, 0.15) is 11.2 Å². The lowest BCUT2D eigenvalue weighted by atomic mass is 9.89. The van der Waals surface area contributed by atoms with Crippen LogP contribution in [-0.4, -0.2) is 55.0 Å². The lowest BCUT2D eigenvalue weighted by Gasteiger charge is -2.46. The van der Waals surface area contributed by atoms with Crippen LogP contribution in [-0.2, 0) is 19.0 Å². The van der Waals surface area contributed by atoms with Crippen LogP contribution in [0.5, 0.6) is 0 Å². The minimum absolute atomic E-state index is 0.322. The molecular formula is C14H21NO5. The first-order valence-electron chi connectivity index (χ1n) is 6.62. The van der Waals surface area contributed by atoms with Crippen LogP contribution in [0.15, 0.2) is 11.6 Å². The number of rotatable bonds is 1. The highest BCUT2D eigenvalue weighted by molar-refractivity contribution is 5.82. The molecular weight excluding hydrogens is 262 g/mol. The van der Waals surface area contributed by atoms with Gasteiger partial charge in [0.25, 0.3) is 0 Å². The van der Waals surface area contributed by atoms with Gasteiger partial charge in [0.05, 0.1) is 26.8 Å². The van der Waals surface area contributed by atoms with Gasteiger partial charge in [-0.3, -0.25) is 0 Å². The number of methoxy groups -OCH3 is 1. The van der Waals surface area contributed by atoms with E-state index in [9.17, 15) is 9.59 Å². The summed E-state index contributed by atoms with van der Waals surface area (Å²) in [7, 11) is 1.35. The standard InChI is InChI=1S/C14H21NO5/c1-13(2,3)20-12(17)15-8-14(9-15)6-10(7-19-14)5-11(16)18-4/h5H,6-9H2,1-4H3/b10-5-. The zero-order valence-electron chi connectivity index (χ0n) is 12.4. The van der Waals surface area contributed by atoms with E-state index in [0.717, 1.165) is 5.57 Å². The van der Waals surface area contributed by atoms with Crippen molar-refractivity contribution in [2.75, 3.05) is 26.8 Å². The van der Waals surface area contributed by atoms with Gasteiger partial charge in [0.2, 0.25) is 0 Å². The van der Waals surface area contributed by atoms with Crippen molar-refractivity contribution >= 4 is 12.1 Å². The molecule has 0 bridgehead atoms. The van der Waals surface area contributed by atoms with Gasteiger partial charge >= 0.3 is 12.1 Å². The minimum atomic E-state index is -0.494. The minimum Gasteiger partial charge on any atom is -0.466 e. The molecule has 0 aromatic rings. The number of carbonyl (C=O) groups excluding carboxylic acids is 2. The summed E-state index contributed by atoms with van der Waals surface area (Å²) in [6.45, 7) is 6.93. The molecule has 2 fully saturated rings. The van der Waals surface area contributed by atoms with Crippen molar-refractivity contribution in [1.82, 2.24) is 4.90 Å². The van der Waals surface area contributed by atoms with Crippen LogP contribution in [0.25, 0.3) is 0 Å². The Balaban J connectivity index is 1.86. The van der Waals surface area contributed by atoms with E-state index in [-0.39, 0.29) is 17.7 Å². The van der Waals surface area contributed by atoms with Gasteiger partial charge in [0.15, 0.2) is 0 Å². The molecule has 0 aliphatic carbocycles. The topological polar surface area (TPSA) is 65.1 Å². The highest BCUT2D eigenvalue weighted by atomic mass is 16.6. The van der Waals surface area contributed by atoms with E-state index in [1.165, 1.54) is 13.2 Å². The molecule has 112 valence electrons. The van der Waals surface area contributed by atoms with E-state index in [2.05, 4.69) is 4.74 Å². The van der Waals surface area contributed by atoms with Crippen molar-refractivity contribution in [1.29, 1.82) is 0 Å². The third kappa shape index (κ3) is 3.30. The van der Waals surface area contributed by atoms with E-state index >= 15 is 0 Å². The Morgan fingerprint density at radius 2 is 2.00 bits per heavy atom. The largest absolute Gasteiger partial charge is 0.466 e. The summed E-state index contributed by atoms with van der Waals surface area (Å²) in [5, 5.41) is 0. The molecule has 6 heteroatoms. The number of nitrogens with zero attached hydrogens (tertiary/aromatic N) is 1. The maximum atomic E-state index is 11.8. The molecule has 2 aliphatic heterocycles. The smallest absolute Gasteiger partial charge is 0.410 e. The Bertz CT molecular complexity index is 443. The van der Waals surface area contributed by atoms with E-state index < -0.39 is 5.60 Å². The van der Waals surface area contributed by atoms with Crippen LogP contribution in [0, 0.1) is 0 Å². The van der Waals surface area contributed by atoms with E-state index in [4.69, 9.17) is 9.47 Å². The summed E-state index contributed by atoms with van der Waals surface area (Å²) in [4.78, 5) is 24.6. The van der Waals surface area contributed by atoms with Crippen molar-refractivity contribution in [3.05, 3.63) is 11.6 Å². The predicted octanol–water partition coefficient (Wildman–Crippen LogP) is 1.50. The molecule has 0 aromatic heterocycles. The normalized spacial score (nSPS) is 22.8. The maximum absolute atomic E-state index is 11.8. The maximum Gasteiger partial charge on any atom is 0.410 e. The molecule has 6 nitrogen and oxygen atoms in total. The lowest BCUT2D eigenvalue weighted by molar-refractivity contribution is -0.134. The molecule has 2 heterocycles. The first-order valence-corrected chi connectivity index (χ1v) is 6.62. The Labute approximate surface area is 118 Å². The van der Waals surface area contributed by atoms with Gasteiger partial charge in [-0.05, 0) is 26.3 Å². The second-order valence-corrected chi connectivity index (χ2v) is 6.31. The average Bonchev–Trinajstić information content (AvgIpc) is 2.68. The van der Waals surface area contributed by atoms with Crippen LogP contribution in [0.2, 0.25) is 0 Å². The van der Waals surface area contributed by atoms with E-state index in [1.807, 2.05) is 20.8 Å². The molecule has 0 saturated carbocycles. The summed E-state index contributed by atoms with van der Waals surface area (Å²) in [5.41, 5.74) is 0.0592. The highest BCUT2D eigenvalue weighted by Crippen LogP contribution is 2.38. The SMILES string of the molecule is COC(=O)/C=C1\COC2(C1)CN(C(=O)OC(C)(C)C)C2. The molecule has 0 unspecified atom stereocenters. The zero-order chi connectivity index (χ0) is 15.0. The Morgan fingerprint density at radius 3 is 2.55 bits per heavy atom. The average molecular weight is 283 g/mol. The summed E-state index contributed by atoms with van der Waals surface area (Å²) >= 11 is 0. The van der Waals surface area contributed by atoms with Gasteiger partial charge in [-0.25, -0.2) is 9.59 Å². The van der Waals surface area contributed by atoms with Gasteiger partial charge in [0, 0.05) is 12.5 Å². The second-order valence-electron chi connectivity index (χ2n) is 6.31. The molecule has 1 amide bonds. The van der Waals surface area contributed by atoms with E-state index in [1.54, 1.807) is 4.90 Å². The molecule has 0 aromatic carbocycles. The number of likely N-dealkylation sites (tertiary alicyclic amines) is 1. The Kier molecular flexibility index (Phi) is 3.77. The second kappa shape index (κ2) is 5.09. The third-order valence-corrected chi connectivity index (χ3v) is 3.25. The van der Waals surface area contributed by atoms with Gasteiger partial charge in [-0.15, -0.1) is 0 Å². The van der Waals surface area contributed by atoms with Crippen LogP contribution in [0.3, 0.4) is 0 Å². The summed E-state index contributed by atoms with van der Waals surface area (Å²) in [6.07, 6.45) is 1.80. The molecule has 2 aliphatic rings. The summed E-state index contributed by atoms with van der Waals surface area (Å²) < 4.78 is 15.6. The Hall–Kier alpha value is -1.56. The quantitative estimate of drug-likeness (QED) is 0.539. The number of hydrogen-bond donors (Lipinski definition) is 0. The number of carbonyl (C=O) groups is 2. The van der Waals surface area contributed by atoms with Gasteiger partial charge in [-0.2, -0.15) is 0 Å². The van der Waals surface area contributed by atoms with Crippen molar-refractivity contribution in [2.24, 2.45) is 0 Å². The first-order chi connectivity index (χ1) is 9.23. The van der Waals surface area contributed by atoms with E-state index in [0.29, 0.717) is 26.1 Å². The molecule has 2 rings (SSSR count).